The molecule has 2 aromatic heterocycles. The van der Waals surface area contributed by atoms with Crippen LogP contribution in [-0.4, -0.2) is 29.9 Å². The van der Waals surface area contributed by atoms with Gasteiger partial charge in [0.15, 0.2) is 5.82 Å². The summed E-state index contributed by atoms with van der Waals surface area (Å²) in [6, 6.07) is 31.8. The van der Waals surface area contributed by atoms with Crippen LogP contribution >= 0.6 is 0 Å². The van der Waals surface area contributed by atoms with Gasteiger partial charge in [-0.25, -0.2) is 9.97 Å². The van der Waals surface area contributed by atoms with Gasteiger partial charge in [0.05, 0.1) is 11.6 Å². The summed E-state index contributed by atoms with van der Waals surface area (Å²) in [4.78, 5) is 39.3. The monoisotopic (exact) mass is 576 g/mol. The summed E-state index contributed by atoms with van der Waals surface area (Å²) in [5, 5.41) is 1.79. The predicted octanol–water partition coefficient (Wildman–Crippen LogP) is 5.91. The van der Waals surface area contributed by atoms with Gasteiger partial charge in [-0.15, -0.1) is 0 Å². The molecule has 0 N–H and O–H groups in total. The van der Waals surface area contributed by atoms with E-state index in [0.29, 0.717) is 46.2 Å². The van der Waals surface area contributed by atoms with Gasteiger partial charge in [0.1, 0.15) is 0 Å². The standard InChI is InChI=1S/C32H16N8.O.Ti/c1-2-10-18-17(9-1)25-33-26(18)38-28-21-13-5-6-14-22(21)30(35-28)40-32-24-16-8-7-15-23(24)31(36-32)39-29-20-12-4-3-11-19(20)27(34-29)37-25;;/h1-16H;;/q2*-2;+4. The molecule has 9 nitrogen and oxygen atoms in total. The van der Waals surface area contributed by atoms with Crippen LogP contribution < -0.4 is 9.97 Å². The van der Waals surface area contributed by atoms with Crippen LogP contribution in [0.3, 0.4) is 0 Å². The van der Waals surface area contributed by atoms with Gasteiger partial charge in [-0.1, -0.05) is 97.1 Å². The Morgan fingerprint density at radius 2 is 0.690 bits per heavy atom. The average molecular weight is 576 g/mol. The normalized spacial score (nSPS) is 11.4. The molecule has 0 fully saturated rings. The maximum absolute atomic E-state index is 4.95. The molecule has 42 heavy (non-hydrogen) atoms. The van der Waals surface area contributed by atoms with Gasteiger partial charge in [-0.05, 0) is 27.5 Å². The zero-order valence-electron chi connectivity index (χ0n) is 21.7. The van der Waals surface area contributed by atoms with E-state index in [9.17, 15) is 0 Å². The quantitative estimate of drug-likeness (QED) is 0.204. The topological polar surface area (TPSA) is 134 Å². The number of rotatable bonds is 0. The molecule has 0 radical (unpaired) electrons. The fraction of sp³-hybridized carbons (Fsp3) is 0. The van der Waals surface area contributed by atoms with E-state index in [2.05, 4.69) is 0 Å². The molecule has 3 aliphatic heterocycles. The van der Waals surface area contributed by atoms with Crippen molar-refractivity contribution in [2.45, 2.75) is 0 Å². The smallest absolute Gasteiger partial charge is 2.00 e. The first kappa shape index (κ1) is 25.9. The van der Waals surface area contributed by atoms with Gasteiger partial charge in [-0.2, -0.15) is 0 Å². The maximum Gasteiger partial charge on any atom is 4.00 e. The van der Waals surface area contributed by atoms with Crippen LogP contribution in [-0.2, 0) is 27.2 Å². The van der Waals surface area contributed by atoms with Crippen LogP contribution in [0.2, 0.25) is 0 Å². The number of hydrogen-bond acceptors (Lipinski definition) is 6. The van der Waals surface area contributed by atoms with E-state index in [-0.39, 0.29) is 27.2 Å². The largest absolute Gasteiger partial charge is 4.00 e. The Bertz CT molecular complexity index is 2100. The Morgan fingerprint density at radius 1 is 0.357 bits per heavy atom. The molecule has 9 rings (SSSR count). The third kappa shape index (κ3) is 3.79. The van der Waals surface area contributed by atoms with E-state index in [1.54, 1.807) is 0 Å². The van der Waals surface area contributed by atoms with Gasteiger partial charge in [0.25, 0.3) is 0 Å². The molecule has 0 saturated carbocycles. The van der Waals surface area contributed by atoms with Crippen LogP contribution in [0.1, 0.15) is 0 Å². The van der Waals surface area contributed by atoms with Crippen molar-refractivity contribution in [2.75, 3.05) is 0 Å². The Kier molecular flexibility index (Phi) is 6.02. The second kappa shape index (κ2) is 9.78. The number of fused-ring (bicyclic) bond motifs is 20. The van der Waals surface area contributed by atoms with Crippen LogP contribution in [0.15, 0.2) is 97.1 Å². The molecule has 3 aliphatic rings. The summed E-state index contributed by atoms with van der Waals surface area (Å²) in [7, 11) is 0. The zero-order valence-corrected chi connectivity index (χ0v) is 23.3. The molecule has 0 unspecified atom stereocenters. The minimum absolute atomic E-state index is 0. The van der Waals surface area contributed by atoms with Gasteiger partial charge < -0.3 is 35.4 Å². The first-order valence-electron chi connectivity index (χ1n) is 12.9. The Labute approximate surface area is 253 Å². The summed E-state index contributed by atoms with van der Waals surface area (Å²) in [6.45, 7) is 0. The second-order valence-corrected chi connectivity index (χ2v) is 9.67. The maximum atomic E-state index is 4.95. The molecule has 4 aromatic carbocycles. The molecule has 10 heteroatoms. The van der Waals surface area contributed by atoms with Gasteiger partial charge in [-0.3, -0.25) is 0 Å². The molecular formula is C32H16N8OTi. The average Bonchev–Trinajstić information content (AvgIpc) is 3.73. The number of aromatic nitrogens is 8. The first-order chi connectivity index (χ1) is 19.8. The van der Waals surface area contributed by atoms with Crippen molar-refractivity contribution in [3.63, 3.8) is 0 Å². The van der Waals surface area contributed by atoms with Gasteiger partial charge >= 0.3 is 21.7 Å². The molecule has 6 aromatic rings. The summed E-state index contributed by atoms with van der Waals surface area (Å²) >= 11 is 0. The van der Waals surface area contributed by atoms with Crippen molar-refractivity contribution >= 4 is 22.1 Å². The molecule has 5 heterocycles. The van der Waals surface area contributed by atoms with Gasteiger partial charge in [0, 0.05) is 45.5 Å². The summed E-state index contributed by atoms with van der Waals surface area (Å²) in [6.07, 6.45) is 0. The molecule has 0 aliphatic carbocycles. The fourth-order valence-electron chi connectivity index (χ4n) is 5.46. The van der Waals surface area contributed by atoms with Crippen LogP contribution in [0, 0.1) is 0 Å². The summed E-state index contributed by atoms with van der Waals surface area (Å²) < 4.78 is 0. The number of hydrogen-bond donors (Lipinski definition) is 0. The van der Waals surface area contributed by atoms with Crippen molar-refractivity contribution in [2.24, 2.45) is 0 Å². The second-order valence-electron chi connectivity index (χ2n) is 9.67. The van der Waals surface area contributed by atoms with E-state index in [1.165, 1.54) is 0 Å². The molecule has 0 amide bonds. The summed E-state index contributed by atoms with van der Waals surface area (Å²) in [5.41, 5.74) is 6.46. The van der Waals surface area contributed by atoms with E-state index >= 15 is 0 Å². The number of nitrogens with zero attached hydrogens (tertiary/aromatic N) is 8. The van der Waals surface area contributed by atoms with Crippen molar-refractivity contribution in [1.29, 1.82) is 0 Å². The van der Waals surface area contributed by atoms with Crippen LogP contribution in [0.25, 0.3) is 90.4 Å². The van der Waals surface area contributed by atoms with E-state index in [1.807, 2.05) is 97.1 Å². The first-order valence-corrected chi connectivity index (χ1v) is 12.9. The molecule has 194 valence electrons. The Morgan fingerprint density at radius 3 is 1.17 bits per heavy atom. The number of benzene rings is 4. The van der Waals surface area contributed by atoms with E-state index in [4.69, 9.17) is 39.9 Å². The fourth-order valence-corrected chi connectivity index (χ4v) is 5.46. The molecule has 0 spiro atoms. The third-order valence-corrected chi connectivity index (χ3v) is 7.33. The Balaban J connectivity index is 0.00000144. The van der Waals surface area contributed by atoms with E-state index in [0.717, 1.165) is 44.2 Å². The SMILES string of the molecule is [O-2].[Ti+4].c1ccc2c(c1)-c1nc-2nc2[n-]c(nc3nc([n-]c4nc(n1)-c1ccccc1-4)-c1ccccc1-3)c1ccccc21. The predicted molar refractivity (Wildman–Crippen MR) is 153 cm³/mol. The van der Waals surface area contributed by atoms with Crippen molar-refractivity contribution in [1.82, 2.24) is 39.9 Å². The van der Waals surface area contributed by atoms with Crippen molar-refractivity contribution < 1.29 is 27.2 Å². The van der Waals surface area contributed by atoms with Crippen LogP contribution in [0.5, 0.6) is 0 Å². The Hall–Kier alpha value is -5.09. The zero-order chi connectivity index (χ0) is 26.2. The molecule has 0 saturated heterocycles. The van der Waals surface area contributed by atoms with Gasteiger partial charge in [0.2, 0.25) is 0 Å². The third-order valence-electron chi connectivity index (χ3n) is 7.33. The minimum atomic E-state index is 0. The summed E-state index contributed by atoms with van der Waals surface area (Å²) in [5.74, 6) is 3.31. The molecule has 0 atom stereocenters. The molecule has 8 bridgehead atoms. The molecular weight excluding hydrogens is 560 g/mol. The minimum Gasteiger partial charge on any atom is -2.00 e. The van der Waals surface area contributed by atoms with Crippen LogP contribution in [0.4, 0.5) is 0 Å². The van der Waals surface area contributed by atoms with E-state index < -0.39 is 0 Å². The van der Waals surface area contributed by atoms with Crippen molar-refractivity contribution in [3.8, 4) is 68.3 Å². The van der Waals surface area contributed by atoms with Crippen molar-refractivity contribution in [3.05, 3.63) is 97.1 Å².